The average molecular weight is 235 g/mol. The van der Waals surface area contributed by atoms with Crippen molar-refractivity contribution < 1.29 is 9.53 Å². The lowest BCUT2D eigenvalue weighted by molar-refractivity contribution is 0.0593. The maximum Gasteiger partial charge on any atom is 0.358 e. The molecule has 5 nitrogen and oxygen atoms in total. The van der Waals surface area contributed by atoms with Crippen molar-refractivity contribution >= 4 is 11.8 Å². The maximum atomic E-state index is 11.3. The number of hydrogen-bond acceptors (Lipinski definition) is 5. The minimum Gasteiger partial charge on any atom is -0.464 e. The summed E-state index contributed by atoms with van der Waals surface area (Å²) in [7, 11) is 1.33. The van der Waals surface area contributed by atoms with Gasteiger partial charge in [0.1, 0.15) is 5.82 Å². The third kappa shape index (κ3) is 2.72. The van der Waals surface area contributed by atoms with Crippen LogP contribution in [0.2, 0.25) is 0 Å². The highest BCUT2D eigenvalue weighted by atomic mass is 16.5. The molecule has 0 aromatic carbocycles. The van der Waals surface area contributed by atoms with E-state index < -0.39 is 5.97 Å². The van der Waals surface area contributed by atoms with Gasteiger partial charge < -0.3 is 10.1 Å². The molecule has 1 heterocycles. The number of nitrogens with one attached hydrogen (secondary N) is 1. The third-order valence-electron chi connectivity index (χ3n) is 3.38. The van der Waals surface area contributed by atoms with Crippen molar-refractivity contribution in [2.75, 3.05) is 19.0 Å². The summed E-state index contributed by atoms with van der Waals surface area (Å²) in [4.78, 5) is 19.4. The first-order valence-electron chi connectivity index (χ1n) is 5.83. The first kappa shape index (κ1) is 11.8. The van der Waals surface area contributed by atoms with E-state index in [-0.39, 0.29) is 5.69 Å². The molecule has 1 aromatic heterocycles. The van der Waals surface area contributed by atoms with Crippen molar-refractivity contribution in [3.8, 4) is 0 Å². The molecule has 2 rings (SSSR count). The molecular formula is C12H17N3O2. The van der Waals surface area contributed by atoms with E-state index in [2.05, 4.69) is 26.9 Å². The fourth-order valence-electron chi connectivity index (χ4n) is 1.76. The van der Waals surface area contributed by atoms with Crippen LogP contribution in [-0.2, 0) is 4.74 Å². The monoisotopic (exact) mass is 235 g/mol. The molecule has 1 fully saturated rings. The van der Waals surface area contributed by atoms with E-state index in [1.807, 2.05) is 0 Å². The Labute approximate surface area is 101 Å². The second-order valence-corrected chi connectivity index (χ2v) is 4.49. The van der Waals surface area contributed by atoms with Gasteiger partial charge in [-0.15, -0.1) is 0 Å². The Bertz CT molecular complexity index is 416. The van der Waals surface area contributed by atoms with Crippen molar-refractivity contribution in [2.24, 2.45) is 5.41 Å². The second-order valence-electron chi connectivity index (χ2n) is 4.49. The fourth-order valence-corrected chi connectivity index (χ4v) is 1.76. The third-order valence-corrected chi connectivity index (χ3v) is 3.38. The number of methoxy groups -OCH3 is 1. The number of esters is 1. The maximum absolute atomic E-state index is 11.3. The van der Waals surface area contributed by atoms with Crippen LogP contribution in [0, 0.1) is 5.41 Å². The summed E-state index contributed by atoms with van der Waals surface area (Å²) < 4.78 is 4.60. The van der Waals surface area contributed by atoms with Gasteiger partial charge in [-0.25, -0.2) is 9.78 Å². The van der Waals surface area contributed by atoms with Gasteiger partial charge in [0.15, 0.2) is 5.69 Å². The Morgan fingerprint density at radius 3 is 2.88 bits per heavy atom. The molecule has 0 amide bonds. The van der Waals surface area contributed by atoms with Gasteiger partial charge >= 0.3 is 5.97 Å². The predicted molar refractivity (Wildman–Crippen MR) is 63.8 cm³/mol. The van der Waals surface area contributed by atoms with Gasteiger partial charge in [0.2, 0.25) is 0 Å². The van der Waals surface area contributed by atoms with Crippen molar-refractivity contribution in [1.29, 1.82) is 0 Å². The number of carbonyl (C=O) groups excluding carboxylic acids is 1. The van der Waals surface area contributed by atoms with Gasteiger partial charge in [0.05, 0.1) is 19.5 Å². The molecule has 1 aliphatic rings. The molecule has 0 atom stereocenters. The molecule has 92 valence electrons. The lowest BCUT2D eigenvalue weighted by Gasteiger charge is -2.13. The van der Waals surface area contributed by atoms with Crippen LogP contribution >= 0.6 is 0 Å². The van der Waals surface area contributed by atoms with Crippen molar-refractivity contribution in [3.05, 3.63) is 18.1 Å². The molecule has 0 saturated heterocycles. The molecule has 17 heavy (non-hydrogen) atoms. The van der Waals surface area contributed by atoms with Crippen molar-refractivity contribution in [2.45, 2.75) is 26.2 Å². The minimum absolute atomic E-state index is 0.235. The van der Waals surface area contributed by atoms with E-state index >= 15 is 0 Å². The van der Waals surface area contributed by atoms with Crippen molar-refractivity contribution in [3.63, 3.8) is 0 Å². The first-order chi connectivity index (χ1) is 8.19. The van der Waals surface area contributed by atoms with Gasteiger partial charge in [-0.3, -0.25) is 4.98 Å². The van der Waals surface area contributed by atoms with Gasteiger partial charge in [0, 0.05) is 6.54 Å². The van der Waals surface area contributed by atoms with Crippen LogP contribution in [0.25, 0.3) is 0 Å². The van der Waals surface area contributed by atoms with E-state index in [0.717, 1.165) is 6.54 Å². The highest BCUT2D eigenvalue weighted by Crippen LogP contribution is 2.48. The molecule has 0 aliphatic heterocycles. The van der Waals surface area contributed by atoms with Crippen LogP contribution in [-0.4, -0.2) is 29.6 Å². The Hall–Kier alpha value is -1.65. The second kappa shape index (κ2) is 4.69. The minimum atomic E-state index is -0.460. The Morgan fingerprint density at radius 1 is 1.53 bits per heavy atom. The Morgan fingerprint density at radius 2 is 2.29 bits per heavy atom. The summed E-state index contributed by atoms with van der Waals surface area (Å²) in [6.45, 7) is 3.09. The lowest BCUT2D eigenvalue weighted by Crippen LogP contribution is -2.16. The first-order valence-corrected chi connectivity index (χ1v) is 5.83. The number of ether oxygens (including phenoxy) is 1. The van der Waals surface area contributed by atoms with Crippen LogP contribution in [0.3, 0.4) is 0 Å². The van der Waals surface area contributed by atoms with Gasteiger partial charge in [0.25, 0.3) is 0 Å². The molecule has 1 N–H and O–H groups in total. The Balaban J connectivity index is 1.99. The zero-order chi connectivity index (χ0) is 12.3. The normalized spacial score (nSPS) is 16.4. The van der Waals surface area contributed by atoms with Crippen molar-refractivity contribution in [1.82, 2.24) is 9.97 Å². The molecular weight excluding hydrogens is 218 g/mol. The summed E-state index contributed by atoms with van der Waals surface area (Å²) in [5.74, 6) is 0.172. The predicted octanol–water partition coefficient (Wildman–Crippen LogP) is 1.87. The zero-order valence-corrected chi connectivity index (χ0v) is 10.2. The van der Waals surface area contributed by atoms with E-state index in [0.29, 0.717) is 11.2 Å². The number of aromatic nitrogens is 2. The summed E-state index contributed by atoms with van der Waals surface area (Å²) in [5.41, 5.74) is 0.669. The van der Waals surface area contributed by atoms with E-state index in [9.17, 15) is 4.79 Å². The summed E-state index contributed by atoms with van der Waals surface area (Å²) in [6, 6.07) is 0. The fraction of sp³-hybridized carbons (Fsp3) is 0.583. The Kier molecular flexibility index (Phi) is 3.26. The zero-order valence-electron chi connectivity index (χ0n) is 10.2. The van der Waals surface area contributed by atoms with Crippen LogP contribution in [0.15, 0.2) is 12.4 Å². The number of rotatable bonds is 5. The van der Waals surface area contributed by atoms with Gasteiger partial charge in [-0.1, -0.05) is 6.92 Å². The largest absolute Gasteiger partial charge is 0.464 e. The quantitative estimate of drug-likeness (QED) is 0.789. The molecule has 1 saturated carbocycles. The standard InChI is InChI=1S/C12H17N3O2/c1-3-12(4-5-12)8-14-10-7-13-6-9(15-10)11(16)17-2/h6-7H,3-5,8H2,1-2H3,(H,14,15). The molecule has 0 bridgehead atoms. The highest BCUT2D eigenvalue weighted by Gasteiger charge is 2.40. The smallest absolute Gasteiger partial charge is 0.358 e. The summed E-state index contributed by atoms with van der Waals surface area (Å²) in [5, 5.41) is 3.24. The number of carbonyl (C=O) groups is 1. The van der Waals surface area contributed by atoms with Crippen LogP contribution < -0.4 is 5.32 Å². The molecule has 5 heteroatoms. The number of anilines is 1. The molecule has 0 radical (unpaired) electrons. The van der Waals surface area contributed by atoms with Gasteiger partial charge in [-0.05, 0) is 24.7 Å². The number of nitrogens with zero attached hydrogens (tertiary/aromatic N) is 2. The van der Waals surface area contributed by atoms with E-state index in [1.165, 1.54) is 32.6 Å². The van der Waals surface area contributed by atoms with Crippen LogP contribution in [0.4, 0.5) is 5.82 Å². The van der Waals surface area contributed by atoms with Crippen LogP contribution in [0.1, 0.15) is 36.7 Å². The van der Waals surface area contributed by atoms with Crippen LogP contribution in [0.5, 0.6) is 0 Å². The van der Waals surface area contributed by atoms with E-state index in [1.54, 1.807) is 6.20 Å². The van der Waals surface area contributed by atoms with Gasteiger partial charge in [-0.2, -0.15) is 0 Å². The molecule has 1 aliphatic carbocycles. The topological polar surface area (TPSA) is 64.1 Å². The average Bonchev–Trinajstić information content (AvgIpc) is 3.16. The molecule has 0 spiro atoms. The lowest BCUT2D eigenvalue weighted by atomic mass is 10.0. The summed E-state index contributed by atoms with van der Waals surface area (Å²) >= 11 is 0. The van der Waals surface area contributed by atoms with E-state index in [4.69, 9.17) is 0 Å². The number of hydrogen-bond donors (Lipinski definition) is 1. The molecule has 0 unspecified atom stereocenters. The highest BCUT2D eigenvalue weighted by molar-refractivity contribution is 5.87. The summed E-state index contributed by atoms with van der Waals surface area (Å²) in [6.07, 6.45) is 6.73. The SMILES string of the molecule is CCC1(CNc2cncc(C(=O)OC)n2)CC1. The molecule has 1 aromatic rings.